The van der Waals surface area contributed by atoms with Crippen molar-refractivity contribution in [2.75, 3.05) is 0 Å². The van der Waals surface area contributed by atoms with Crippen molar-refractivity contribution in [3.63, 3.8) is 0 Å². The van der Waals surface area contributed by atoms with Crippen LogP contribution in [-0.2, 0) is 0 Å². The van der Waals surface area contributed by atoms with Gasteiger partial charge in [0.15, 0.2) is 0 Å². The summed E-state index contributed by atoms with van der Waals surface area (Å²) in [7, 11) is 0. The molecule has 2 heterocycles. The first kappa shape index (κ1) is 31.5. The molecule has 0 fully saturated rings. The standard InChI is InChI=1S/C42H32O9/c43-27-9-2-22(3-10-27)1-4-25-15-32(48)20-35-37(25)40(42(50-35)24-7-13-29(45)14-8-24)34-19-33(49)21-36-39(34)38(26-16-30(46)18-31(47)17-26)41(51-36)23-5-11-28(44)12-6-23/h1-21,38,40-49H/t38-,40+,41+,42-/m1/s1. The van der Waals surface area contributed by atoms with Crippen LogP contribution in [0, 0.1) is 0 Å². The summed E-state index contributed by atoms with van der Waals surface area (Å²) in [5, 5.41) is 73.4. The monoisotopic (exact) mass is 680 g/mol. The predicted octanol–water partition coefficient (Wildman–Crippen LogP) is 8.33. The fourth-order valence-corrected chi connectivity index (χ4v) is 7.31. The molecule has 254 valence electrons. The van der Waals surface area contributed by atoms with Crippen LogP contribution in [0.2, 0.25) is 0 Å². The van der Waals surface area contributed by atoms with Crippen molar-refractivity contribution in [1.29, 1.82) is 0 Å². The topological polar surface area (TPSA) is 160 Å². The lowest BCUT2D eigenvalue weighted by Gasteiger charge is -2.26. The molecule has 0 saturated heterocycles. The molecule has 2 aliphatic heterocycles. The van der Waals surface area contributed by atoms with Gasteiger partial charge in [-0.2, -0.15) is 0 Å². The van der Waals surface area contributed by atoms with Crippen molar-refractivity contribution in [2.24, 2.45) is 0 Å². The molecular formula is C42H32O9. The molecule has 0 aliphatic carbocycles. The number of fused-ring (bicyclic) bond motifs is 2. The third kappa shape index (κ3) is 5.84. The van der Waals surface area contributed by atoms with Crippen molar-refractivity contribution >= 4 is 12.2 Å². The van der Waals surface area contributed by atoms with Crippen LogP contribution in [0.4, 0.5) is 0 Å². The highest BCUT2D eigenvalue weighted by atomic mass is 16.5. The maximum atomic E-state index is 11.3. The third-order valence-electron chi connectivity index (χ3n) is 9.46. The van der Waals surface area contributed by atoms with Gasteiger partial charge in [0.05, 0.1) is 11.8 Å². The molecular weight excluding hydrogens is 648 g/mol. The van der Waals surface area contributed by atoms with Gasteiger partial charge < -0.3 is 45.2 Å². The Labute approximate surface area is 292 Å². The number of aromatic hydroxyl groups is 7. The van der Waals surface area contributed by atoms with E-state index in [1.54, 1.807) is 103 Å². The first-order chi connectivity index (χ1) is 24.6. The average Bonchev–Trinajstić information content (AvgIpc) is 3.67. The molecule has 2 aliphatic rings. The summed E-state index contributed by atoms with van der Waals surface area (Å²) < 4.78 is 13.3. The zero-order valence-corrected chi connectivity index (χ0v) is 26.9. The normalized spacial score (nSPS) is 19.0. The summed E-state index contributed by atoms with van der Waals surface area (Å²) in [4.78, 5) is 0. The fourth-order valence-electron chi connectivity index (χ4n) is 7.31. The van der Waals surface area contributed by atoms with Gasteiger partial charge >= 0.3 is 0 Å². The fraction of sp³-hybridized carbons (Fsp3) is 0.0952. The van der Waals surface area contributed by atoms with Gasteiger partial charge in [0.1, 0.15) is 64.0 Å². The van der Waals surface area contributed by atoms with Gasteiger partial charge in [0.2, 0.25) is 0 Å². The van der Waals surface area contributed by atoms with E-state index in [9.17, 15) is 35.7 Å². The summed E-state index contributed by atoms with van der Waals surface area (Å²) >= 11 is 0. The highest BCUT2D eigenvalue weighted by molar-refractivity contribution is 5.76. The maximum Gasteiger partial charge on any atom is 0.135 e. The average molecular weight is 681 g/mol. The van der Waals surface area contributed by atoms with Crippen LogP contribution in [-0.4, -0.2) is 35.7 Å². The zero-order chi connectivity index (χ0) is 35.4. The maximum absolute atomic E-state index is 11.3. The summed E-state index contributed by atoms with van der Waals surface area (Å²) in [6, 6.07) is 30.7. The molecule has 8 rings (SSSR count). The van der Waals surface area contributed by atoms with Gasteiger partial charge in [-0.15, -0.1) is 0 Å². The number of phenols is 7. The minimum absolute atomic E-state index is 0.0193. The molecule has 4 atom stereocenters. The van der Waals surface area contributed by atoms with Gasteiger partial charge in [0, 0.05) is 29.3 Å². The number of benzene rings is 6. The largest absolute Gasteiger partial charge is 0.508 e. The highest BCUT2D eigenvalue weighted by Crippen LogP contribution is 2.59. The summed E-state index contributed by atoms with van der Waals surface area (Å²) in [5.41, 5.74) is 5.48. The van der Waals surface area contributed by atoms with Crippen molar-refractivity contribution < 1.29 is 45.2 Å². The smallest absolute Gasteiger partial charge is 0.135 e. The van der Waals surface area contributed by atoms with E-state index in [-0.39, 0.29) is 40.2 Å². The van der Waals surface area contributed by atoms with Crippen LogP contribution < -0.4 is 9.47 Å². The molecule has 6 aromatic rings. The van der Waals surface area contributed by atoms with Gasteiger partial charge in [-0.25, -0.2) is 0 Å². The lowest BCUT2D eigenvalue weighted by Crippen LogP contribution is -2.16. The van der Waals surface area contributed by atoms with E-state index in [0.29, 0.717) is 39.3 Å². The summed E-state index contributed by atoms with van der Waals surface area (Å²) in [6.07, 6.45) is 2.32. The number of hydrogen-bond acceptors (Lipinski definition) is 9. The van der Waals surface area contributed by atoms with Gasteiger partial charge in [0.25, 0.3) is 0 Å². The Morgan fingerprint density at radius 2 is 0.863 bits per heavy atom. The van der Waals surface area contributed by atoms with Gasteiger partial charge in [-0.1, -0.05) is 48.6 Å². The molecule has 7 N–H and O–H groups in total. The minimum Gasteiger partial charge on any atom is -0.508 e. The molecule has 6 aromatic carbocycles. The van der Waals surface area contributed by atoms with Gasteiger partial charge in [-0.05, 0) is 94.0 Å². The first-order valence-corrected chi connectivity index (χ1v) is 16.3. The Kier molecular flexibility index (Phi) is 7.60. The van der Waals surface area contributed by atoms with E-state index in [1.807, 2.05) is 12.2 Å². The molecule has 51 heavy (non-hydrogen) atoms. The quantitative estimate of drug-likeness (QED) is 0.0858. The van der Waals surface area contributed by atoms with E-state index in [0.717, 1.165) is 16.7 Å². The van der Waals surface area contributed by atoms with Crippen molar-refractivity contribution in [2.45, 2.75) is 24.0 Å². The minimum atomic E-state index is -0.694. The second-order valence-corrected chi connectivity index (χ2v) is 12.8. The molecule has 0 amide bonds. The van der Waals surface area contributed by atoms with Crippen LogP contribution in [0.3, 0.4) is 0 Å². The molecule has 0 bridgehead atoms. The van der Waals surface area contributed by atoms with E-state index in [4.69, 9.17) is 9.47 Å². The van der Waals surface area contributed by atoms with Crippen molar-refractivity contribution in [1.82, 2.24) is 0 Å². The number of hydrogen-bond donors (Lipinski definition) is 7. The molecule has 0 radical (unpaired) electrons. The Hall–Kier alpha value is -6.74. The molecule has 9 heteroatoms. The Morgan fingerprint density at radius 1 is 0.392 bits per heavy atom. The summed E-state index contributed by atoms with van der Waals surface area (Å²) in [5.74, 6) is -0.504. The van der Waals surface area contributed by atoms with E-state index in [1.165, 1.54) is 12.1 Å². The lowest BCUT2D eigenvalue weighted by molar-refractivity contribution is 0.219. The number of rotatable bonds is 6. The third-order valence-corrected chi connectivity index (χ3v) is 9.46. The highest BCUT2D eigenvalue weighted by Gasteiger charge is 2.46. The van der Waals surface area contributed by atoms with Crippen molar-refractivity contribution in [3.05, 3.63) is 160 Å². The number of phenolic OH excluding ortho intramolecular Hbond substituents is 7. The summed E-state index contributed by atoms with van der Waals surface area (Å²) in [6.45, 7) is 0. The zero-order valence-electron chi connectivity index (χ0n) is 26.9. The first-order valence-electron chi connectivity index (χ1n) is 16.3. The van der Waals surface area contributed by atoms with E-state index >= 15 is 0 Å². The molecule has 0 spiro atoms. The second kappa shape index (κ2) is 12.3. The van der Waals surface area contributed by atoms with Crippen LogP contribution in [0.1, 0.15) is 68.6 Å². The van der Waals surface area contributed by atoms with Crippen LogP contribution in [0.25, 0.3) is 12.2 Å². The Morgan fingerprint density at radius 3 is 1.43 bits per heavy atom. The molecule has 0 aromatic heterocycles. The molecule has 0 saturated carbocycles. The van der Waals surface area contributed by atoms with Crippen LogP contribution >= 0.6 is 0 Å². The van der Waals surface area contributed by atoms with Crippen LogP contribution in [0.5, 0.6) is 51.7 Å². The second-order valence-electron chi connectivity index (χ2n) is 12.8. The molecule has 9 nitrogen and oxygen atoms in total. The van der Waals surface area contributed by atoms with Gasteiger partial charge in [-0.3, -0.25) is 0 Å². The predicted molar refractivity (Wildman–Crippen MR) is 190 cm³/mol. The lowest BCUT2D eigenvalue weighted by atomic mass is 9.75. The number of ether oxygens (including phenoxy) is 2. The van der Waals surface area contributed by atoms with E-state index in [2.05, 4.69) is 0 Å². The Balaban J connectivity index is 1.37. The van der Waals surface area contributed by atoms with Crippen molar-refractivity contribution in [3.8, 4) is 51.7 Å². The SMILES string of the molecule is Oc1ccc(C=Cc2cc(O)cc3c2[C@H](c2cc(O)cc4c2[C@@H](c2cc(O)cc(O)c2)[C@H](c2ccc(O)cc2)O4)[C@@H](c2ccc(O)cc2)O3)cc1. The molecule has 0 unspecified atom stereocenters. The Bertz CT molecular complexity index is 2270. The van der Waals surface area contributed by atoms with Crippen LogP contribution in [0.15, 0.2) is 115 Å². The van der Waals surface area contributed by atoms with E-state index < -0.39 is 24.0 Å².